The Morgan fingerprint density at radius 1 is 1.24 bits per heavy atom. The largest absolute Gasteiger partial charge is 0.458 e. The molecule has 8 atom stereocenters. The highest BCUT2D eigenvalue weighted by Crippen LogP contribution is 2.38. The van der Waals surface area contributed by atoms with Crippen molar-refractivity contribution in [3.05, 3.63) is 0 Å². The lowest BCUT2D eigenvalue weighted by Crippen LogP contribution is -2.68. The zero-order valence-electron chi connectivity index (χ0n) is 14.9. The molecule has 5 N–H and O–H groups in total. The molecular formula is C17H30O8. The molecule has 8 heteroatoms. The predicted molar refractivity (Wildman–Crippen MR) is 86.2 cm³/mol. The van der Waals surface area contributed by atoms with E-state index in [0.717, 1.165) is 12.8 Å². The SMILES string of the molecule is CC(C)C1C(C)CCCC1OC(=O)C1(O)O[C@H](CO)[C@@H](O)[C@H](O)[C@H]1O. The van der Waals surface area contributed by atoms with Crippen LogP contribution in [-0.2, 0) is 14.3 Å². The Morgan fingerprint density at radius 2 is 1.88 bits per heavy atom. The first-order chi connectivity index (χ1) is 11.6. The lowest BCUT2D eigenvalue weighted by molar-refractivity contribution is -0.341. The number of carbonyl (C=O) groups is 1. The number of rotatable bonds is 4. The molecule has 2 fully saturated rings. The van der Waals surface area contributed by atoms with Crippen LogP contribution in [0.3, 0.4) is 0 Å². The molecule has 0 bridgehead atoms. The summed E-state index contributed by atoms with van der Waals surface area (Å²) in [6.45, 7) is 5.43. The molecule has 1 aliphatic heterocycles. The number of ether oxygens (including phenoxy) is 2. The molecule has 2 rings (SSSR count). The summed E-state index contributed by atoms with van der Waals surface area (Å²) in [5, 5.41) is 49.3. The number of aliphatic hydroxyl groups is 5. The van der Waals surface area contributed by atoms with Crippen molar-refractivity contribution < 1.29 is 39.8 Å². The average Bonchev–Trinajstić information content (AvgIpc) is 2.56. The standard InChI is InChI=1S/C17H30O8/c1-8(2)12-9(3)5-4-6-10(12)24-16(22)17(23)15(21)14(20)13(19)11(7-18)25-17/h8-15,18-21,23H,4-7H2,1-3H3/t9?,10?,11-,12?,13-,14+,15-,17?/m1/s1. The van der Waals surface area contributed by atoms with Crippen molar-refractivity contribution in [2.45, 2.75) is 76.3 Å². The minimum atomic E-state index is -2.84. The Balaban J connectivity index is 2.17. The molecule has 25 heavy (non-hydrogen) atoms. The van der Waals surface area contributed by atoms with E-state index in [-0.39, 0.29) is 11.8 Å². The van der Waals surface area contributed by atoms with Crippen molar-refractivity contribution in [1.29, 1.82) is 0 Å². The summed E-state index contributed by atoms with van der Waals surface area (Å²) >= 11 is 0. The van der Waals surface area contributed by atoms with Gasteiger partial charge in [-0.1, -0.05) is 27.2 Å². The summed E-state index contributed by atoms with van der Waals surface area (Å²) in [7, 11) is 0. The molecule has 0 radical (unpaired) electrons. The number of hydrogen-bond donors (Lipinski definition) is 5. The van der Waals surface area contributed by atoms with Gasteiger partial charge in [-0.15, -0.1) is 0 Å². The molecule has 1 heterocycles. The van der Waals surface area contributed by atoms with Crippen LogP contribution in [0, 0.1) is 17.8 Å². The summed E-state index contributed by atoms with van der Waals surface area (Å²) in [5.74, 6) is -3.34. The van der Waals surface area contributed by atoms with Crippen LogP contribution in [0.1, 0.15) is 40.0 Å². The maximum absolute atomic E-state index is 12.6. The van der Waals surface area contributed by atoms with Gasteiger partial charge in [0.1, 0.15) is 30.5 Å². The zero-order chi connectivity index (χ0) is 18.9. The smallest absolute Gasteiger partial charge is 0.369 e. The van der Waals surface area contributed by atoms with E-state index in [9.17, 15) is 30.3 Å². The van der Waals surface area contributed by atoms with E-state index in [1.165, 1.54) is 0 Å². The second-order valence-electron chi connectivity index (χ2n) is 7.63. The van der Waals surface area contributed by atoms with Gasteiger partial charge in [-0.25, -0.2) is 4.79 Å². The van der Waals surface area contributed by atoms with E-state index in [2.05, 4.69) is 6.92 Å². The highest BCUT2D eigenvalue weighted by molar-refractivity contribution is 5.79. The topological polar surface area (TPSA) is 137 Å². The fraction of sp³-hybridized carbons (Fsp3) is 0.941. The van der Waals surface area contributed by atoms with Gasteiger partial charge in [0.25, 0.3) is 5.79 Å². The van der Waals surface area contributed by atoms with Gasteiger partial charge in [-0.05, 0) is 24.7 Å². The van der Waals surface area contributed by atoms with E-state index < -0.39 is 48.9 Å². The van der Waals surface area contributed by atoms with Crippen molar-refractivity contribution in [2.24, 2.45) is 17.8 Å². The maximum atomic E-state index is 12.6. The van der Waals surface area contributed by atoms with Gasteiger partial charge in [0.05, 0.1) is 6.61 Å². The van der Waals surface area contributed by atoms with Crippen LogP contribution in [0.15, 0.2) is 0 Å². The van der Waals surface area contributed by atoms with Gasteiger partial charge >= 0.3 is 5.97 Å². The quantitative estimate of drug-likeness (QED) is 0.408. The van der Waals surface area contributed by atoms with Gasteiger partial charge in [0.2, 0.25) is 0 Å². The molecule has 0 amide bonds. The fourth-order valence-electron chi connectivity index (χ4n) is 4.16. The second kappa shape index (κ2) is 7.85. The minimum Gasteiger partial charge on any atom is -0.458 e. The number of aliphatic hydroxyl groups excluding tert-OH is 4. The van der Waals surface area contributed by atoms with Gasteiger partial charge in [0, 0.05) is 5.92 Å². The molecule has 146 valence electrons. The first-order valence-corrected chi connectivity index (χ1v) is 8.89. The predicted octanol–water partition coefficient (Wildman–Crippen LogP) is -0.847. The first kappa shape index (κ1) is 20.5. The Bertz CT molecular complexity index is 468. The Labute approximate surface area is 147 Å². The van der Waals surface area contributed by atoms with Gasteiger partial charge < -0.3 is 35.0 Å². The third-order valence-corrected chi connectivity index (χ3v) is 5.52. The van der Waals surface area contributed by atoms with E-state index >= 15 is 0 Å². The molecule has 1 aliphatic carbocycles. The highest BCUT2D eigenvalue weighted by atomic mass is 16.7. The first-order valence-electron chi connectivity index (χ1n) is 8.89. The maximum Gasteiger partial charge on any atom is 0.369 e. The lowest BCUT2D eigenvalue weighted by Gasteiger charge is -2.45. The Hall–Kier alpha value is -0.770. The number of esters is 1. The second-order valence-corrected chi connectivity index (χ2v) is 7.63. The van der Waals surface area contributed by atoms with Crippen LogP contribution in [0.25, 0.3) is 0 Å². The van der Waals surface area contributed by atoms with Crippen LogP contribution in [0.2, 0.25) is 0 Å². The monoisotopic (exact) mass is 362 g/mol. The van der Waals surface area contributed by atoms with Crippen molar-refractivity contribution in [3.63, 3.8) is 0 Å². The zero-order valence-corrected chi connectivity index (χ0v) is 14.9. The van der Waals surface area contributed by atoms with E-state index in [4.69, 9.17) is 9.47 Å². The molecular weight excluding hydrogens is 332 g/mol. The van der Waals surface area contributed by atoms with Crippen molar-refractivity contribution in [2.75, 3.05) is 6.61 Å². The van der Waals surface area contributed by atoms with Crippen LogP contribution < -0.4 is 0 Å². The third kappa shape index (κ3) is 3.84. The highest BCUT2D eigenvalue weighted by Gasteiger charge is 2.59. The Morgan fingerprint density at radius 3 is 2.44 bits per heavy atom. The Kier molecular flexibility index (Phi) is 6.45. The van der Waals surface area contributed by atoms with Crippen molar-refractivity contribution in [1.82, 2.24) is 0 Å². The molecule has 2 aliphatic rings. The van der Waals surface area contributed by atoms with Crippen molar-refractivity contribution >= 4 is 5.97 Å². The van der Waals surface area contributed by atoms with Crippen LogP contribution in [0.5, 0.6) is 0 Å². The summed E-state index contributed by atoms with van der Waals surface area (Å²) < 4.78 is 10.5. The minimum absolute atomic E-state index is 0.103. The van der Waals surface area contributed by atoms with E-state index in [1.807, 2.05) is 13.8 Å². The van der Waals surface area contributed by atoms with Crippen molar-refractivity contribution in [3.8, 4) is 0 Å². The van der Waals surface area contributed by atoms with Crippen LogP contribution in [-0.4, -0.2) is 74.4 Å². The van der Waals surface area contributed by atoms with Gasteiger partial charge in [-0.3, -0.25) is 0 Å². The van der Waals surface area contributed by atoms with E-state index in [0.29, 0.717) is 12.3 Å². The third-order valence-electron chi connectivity index (χ3n) is 5.52. The number of hydrogen-bond acceptors (Lipinski definition) is 8. The number of carbonyl (C=O) groups excluding carboxylic acids is 1. The summed E-state index contributed by atoms with van der Waals surface area (Å²) in [6.07, 6.45) is -4.88. The molecule has 0 spiro atoms. The summed E-state index contributed by atoms with van der Waals surface area (Å²) in [5.41, 5.74) is 0. The molecule has 4 unspecified atom stereocenters. The van der Waals surface area contributed by atoms with Crippen LogP contribution >= 0.6 is 0 Å². The molecule has 1 saturated carbocycles. The van der Waals surface area contributed by atoms with E-state index in [1.54, 1.807) is 0 Å². The fourth-order valence-corrected chi connectivity index (χ4v) is 4.16. The summed E-state index contributed by atoms with van der Waals surface area (Å²) in [4.78, 5) is 12.6. The van der Waals surface area contributed by atoms with Gasteiger partial charge in [0.15, 0.2) is 0 Å². The summed E-state index contributed by atoms with van der Waals surface area (Å²) in [6, 6.07) is 0. The molecule has 1 saturated heterocycles. The molecule has 0 aromatic heterocycles. The normalized spacial score (nSPS) is 45.4. The molecule has 8 nitrogen and oxygen atoms in total. The van der Waals surface area contributed by atoms with Crippen LogP contribution in [0.4, 0.5) is 0 Å². The molecule has 0 aromatic carbocycles. The van der Waals surface area contributed by atoms with Gasteiger partial charge in [-0.2, -0.15) is 0 Å². The molecule has 0 aromatic rings. The average molecular weight is 362 g/mol. The lowest BCUT2D eigenvalue weighted by atomic mass is 9.72.